The molecule has 2 aromatic rings. The first-order valence-electron chi connectivity index (χ1n) is 8.52. The molecule has 1 atom stereocenters. The van der Waals surface area contributed by atoms with Crippen LogP contribution in [0.3, 0.4) is 0 Å². The number of carboxylic acid groups (broad SMARTS) is 1. The fourth-order valence-electron chi connectivity index (χ4n) is 2.43. The predicted molar refractivity (Wildman–Crippen MR) is 101 cm³/mol. The Labute approximate surface area is 164 Å². The molecule has 0 saturated carbocycles. The van der Waals surface area contributed by atoms with Gasteiger partial charge in [-0.05, 0) is 44.5 Å². The average molecular weight is 404 g/mol. The second kappa shape index (κ2) is 8.50. The molecule has 3 N–H and O–H groups in total. The van der Waals surface area contributed by atoms with Crippen molar-refractivity contribution >= 4 is 17.7 Å². The number of aromatic amines is 1. The second-order valence-corrected chi connectivity index (χ2v) is 7.14. The summed E-state index contributed by atoms with van der Waals surface area (Å²) >= 11 is 0. The van der Waals surface area contributed by atoms with Crippen LogP contribution in [0.1, 0.15) is 38.9 Å². The standard InChI is InChI=1S/C18H20N4O7/c1-18(2,3)29-17(26)19-13(9-15(23)24)14-8-12(16(25)21-20-14)10-4-6-11(7-5-10)22(27)28/h4-8,13H,9H2,1-3H3,(H,19,26)(H,21,25)(H,23,24). The number of carboxylic acids is 1. The van der Waals surface area contributed by atoms with Gasteiger partial charge in [0.05, 0.1) is 28.6 Å². The van der Waals surface area contributed by atoms with Crippen molar-refractivity contribution < 1.29 is 24.4 Å². The molecule has 11 nitrogen and oxygen atoms in total. The van der Waals surface area contributed by atoms with Crippen molar-refractivity contribution in [2.45, 2.75) is 38.8 Å². The molecule has 0 saturated heterocycles. The number of alkyl carbamates (subject to hydrolysis) is 1. The largest absolute Gasteiger partial charge is 0.481 e. The topological polar surface area (TPSA) is 165 Å². The first-order valence-corrected chi connectivity index (χ1v) is 8.52. The summed E-state index contributed by atoms with van der Waals surface area (Å²) in [6.45, 7) is 4.97. The predicted octanol–water partition coefficient (Wildman–Crippen LogP) is 2.39. The molecular formula is C18H20N4O7. The highest BCUT2D eigenvalue weighted by molar-refractivity contribution is 5.72. The Hall–Kier alpha value is -3.76. The van der Waals surface area contributed by atoms with Crippen molar-refractivity contribution in [3.8, 4) is 11.1 Å². The summed E-state index contributed by atoms with van der Waals surface area (Å²) in [5.74, 6) is -1.20. The summed E-state index contributed by atoms with van der Waals surface area (Å²) in [6.07, 6.45) is -1.34. The minimum atomic E-state index is -1.20. The number of ether oxygens (including phenoxy) is 1. The summed E-state index contributed by atoms with van der Waals surface area (Å²) in [7, 11) is 0. The molecule has 2 rings (SSSR count). The number of hydrogen-bond donors (Lipinski definition) is 3. The minimum Gasteiger partial charge on any atom is -0.481 e. The third-order valence-electron chi connectivity index (χ3n) is 3.64. The van der Waals surface area contributed by atoms with Crippen LogP contribution in [0.25, 0.3) is 11.1 Å². The maximum absolute atomic E-state index is 12.2. The van der Waals surface area contributed by atoms with Gasteiger partial charge in [-0.15, -0.1) is 0 Å². The van der Waals surface area contributed by atoms with E-state index in [0.717, 1.165) is 0 Å². The number of amides is 1. The Kier molecular flexibility index (Phi) is 6.32. The van der Waals surface area contributed by atoms with E-state index in [-0.39, 0.29) is 16.9 Å². The van der Waals surface area contributed by atoms with Gasteiger partial charge in [-0.25, -0.2) is 9.89 Å². The molecule has 1 amide bonds. The molecule has 0 radical (unpaired) electrons. The van der Waals surface area contributed by atoms with E-state index in [1.165, 1.54) is 30.3 Å². The van der Waals surface area contributed by atoms with E-state index in [1.54, 1.807) is 20.8 Å². The second-order valence-electron chi connectivity index (χ2n) is 7.14. The molecule has 11 heteroatoms. The van der Waals surface area contributed by atoms with Crippen molar-refractivity contribution in [1.29, 1.82) is 0 Å². The zero-order valence-electron chi connectivity index (χ0n) is 16.0. The molecule has 0 aliphatic rings. The van der Waals surface area contributed by atoms with Crippen molar-refractivity contribution in [1.82, 2.24) is 15.5 Å². The third-order valence-corrected chi connectivity index (χ3v) is 3.64. The number of nitro groups is 1. The number of nitrogens with zero attached hydrogens (tertiary/aromatic N) is 2. The molecule has 0 aliphatic heterocycles. The average Bonchev–Trinajstić information content (AvgIpc) is 2.59. The summed E-state index contributed by atoms with van der Waals surface area (Å²) in [5, 5.41) is 28.5. The molecule has 0 fully saturated rings. The first kappa shape index (κ1) is 21.5. The first-order chi connectivity index (χ1) is 13.5. The van der Waals surface area contributed by atoms with Crippen LogP contribution in [0.5, 0.6) is 0 Å². The molecule has 0 aliphatic carbocycles. The van der Waals surface area contributed by atoms with Gasteiger partial charge in [0.25, 0.3) is 11.2 Å². The number of aromatic nitrogens is 2. The molecule has 1 aromatic heterocycles. The fraction of sp³-hybridized carbons (Fsp3) is 0.333. The van der Waals surface area contributed by atoms with Gasteiger partial charge in [0.15, 0.2) is 0 Å². The lowest BCUT2D eigenvalue weighted by molar-refractivity contribution is -0.384. The smallest absolute Gasteiger partial charge is 0.408 e. The van der Waals surface area contributed by atoms with Crippen molar-refractivity contribution in [3.63, 3.8) is 0 Å². The van der Waals surface area contributed by atoms with Crippen LogP contribution in [0.2, 0.25) is 0 Å². The number of non-ortho nitro benzene ring substituents is 1. The molecule has 0 spiro atoms. The van der Waals surface area contributed by atoms with Crippen LogP contribution >= 0.6 is 0 Å². The lowest BCUT2D eigenvalue weighted by Crippen LogP contribution is -2.36. The Bertz CT molecular complexity index is 977. The van der Waals surface area contributed by atoms with E-state index in [9.17, 15) is 24.5 Å². The number of nitrogens with one attached hydrogen (secondary N) is 2. The van der Waals surface area contributed by atoms with E-state index in [2.05, 4.69) is 15.5 Å². The van der Waals surface area contributed by atoms with Crippen LogP contribution in [0, 0.1) is 10.1 Å². The molecule has 29 heavy (non-hydrogen) atoms. The maximum Gasteiger partial charge on any atom is 0.408 e. The maximum atomic E-state index is 12.2. The van der Waals surface area contributed by atoms with Gasteiger partial charge in [-0.1, -0.05) is 0 Å². The molecule has 1 aromatic carbocycles. The Morgan fingerprint density at radius 1 is 1.31 bits per heavy atom. The van der Waals surface area contributed by atoms with E-state index in [0.29, 0.717) is 5.56 Å². The Balaban J connectivity index is 2.38. The minimum absolute atomic E-state index is 0.0891. The van der Waals surface area contributed by atoms with Crippen LogP contribution in [-0.2, 0) is 9.53 Å². The highest BCUT2D eigenvalue weighted by Gasteiger charge is 2.24. The van der Waals surface area contributed by atoms with Gasteiger partial charge in [-0.2, -0.15) is 5.10 Å². The van der Waals surface area contributed by atoms with Crippen LogP contribution in [-0.4, -0.2) is 37.9 Å². The molecule has 1 unspecified atom stereocenters. The van der Waals surface area contributed by atoms with Gasteiger partial charge < -0.3 is 15.2 Å². The zero-order valence-corrected chi connectivity index (χ0v) is 16.0. The van der Waals surface area contributed by atoms with Gasteiger partial charge in [0, 0.05) is 12.1 Å². The number of carbonyl (C=O) groups is 2. The number of nitro benzene ring substituents is 1. The van der Waals surface area contributed by atoms with Crippen molar-refractivity contribution in [2.24, 2.45) is 0 Å². The van der Waals surface area contributed by atoms with Gasteiger partial charge in [0.1, 0.15) is 5.60 Å². The molecule has 154 valence electrons. The van der Waals surface area contributed by atoms with E-state index in [4.69, 9.17) is 9.84 Å². The molecular weight excluding hydrogens is 384 g/mol. The number of H-pyrrole nitrogens is 1. The van der Waals surface area contributed by atoms with Crippen LogP contribution in [0.15, 0.2) is 35.1 Å². The SMILES string of the molecule is CC(C)(C)OC(=O)NC(CC(=O)O)c1cc(-c2ccc([N+](=O)[O-])cc2)c(=O)[nH]n1. The monoisotopic (exact) mass is 404 g/mol. The van der Waals surface area contributed by atoms with Crippen molar-refractivity contribution in [3.05, 3.63) is 56.5 Å². The normalized spacial score (nSPS) is 12.1. The quantitative estimate of drug-likeness (QED) is 0.488. The summed E-state index contributed by atoms with van der Waals surface area (Å²) in [4.78, 5) is 45.7. The van der Waals surface area contributed by atoms with Crippen LogP contribution in [0.4, 0.5) is 10.5 Å². The summed E-state index contributed by atoms with van der Waals surface area (Å²) in [5.41, 5.74) is -0.937. The van der Waals surface area contributed by atoms with E-state index >= 15 is 0 Å². The third kappa shape index (κ3) is 6.13. The number of aliphatic carboxylic acids is 1. The number of benzene rings is 1. The lowest BCUT2D eigenvalue weighted by atomic mass is 10.0. The Morgan fingerprint density at radius 3 is 2.45 bits per heavy atom. The van der Waals surface area contributed by atoms with Gasteiger partial charge in [-0.3, -0.25) is 19.7 Å². The number of hydrogen-bond acceptors (Lipinski definition) is 7. The van der Waals surface area contributed by atoms with Crippen molar-refractivity contribution in [2.75, 3.05) is 0 Å². The molecule has 0 bridgehead atoms. The fourth-order valence-corrected chi connectivity index (χ4v) is 2.43. The highest BCUT2D eigenvalue weighted by Crippen LogP contribution is 2.23. The summed E-state index contributed by atoms with van der Waals surface area (Å²) in [6, 6.07) is 5.51. The number of rotatable bonds is 6. The molecule has 1 heterocycles. The van der Waals surface area contributed by atoms with Crippen LogP contribution < -0.4 is 10.9 Å². The number of carbonyl (C=O) groups excluding carboxylic acids is 1. The lowest BCUT2D eigenvalue weighted by Gasteiger charge is -2.22. The van der Waals surface area contributed by atoms with E-state index < -0.39 is 40.6 Å². The summed E-state index contributed by atoms with van der Waals surface area (Å²) < 4.78 is 5.14. The zero-order chi connectivity index (χ0) is 21.8. The highest BCUT2D eigenvalue weighted by atomic mass is 16.6. The van der Waals surface area contributed by atoms with Gasteiger partial charge >= 0.3 is 12.1 Å². The van der Waals surface area contributed by atoms with Gasteiger partial charge in [0.2, 0.25) is 0 Å². The Morgan fingerprint density at radius 2 is 1.93 bits per heavy atom. The van der Waals surface area contributed by atoms with E-state index in [1.807, 2.05) is 0 Å².